The minimum Gasteiger partial charge on any atom is -0.368 e. The number of carbonyl (C=O) groups is 1. The largest absolute Gasteiger partial charge is 0.368 e. The molecule has 1 atom stereocenters. The topological polar surface area (TPSA) is 26.3 Å². The fraction of sp³-hybridized carbons (Fsp3) is 0.583. The van der Waals surface area contributed by atoms with Gasteiger partial charge in [-0.15, -0.1) is 11.3 Å². The molecule has 2 nitrogen and oxygen atoms in total. The van der Waals surface area contributed by atoms with E-state index in [9.17, 15) is 4.79 Å². The van der Waals surface area contributed by atoms with Crippen molar-refractivity contribution in [2.45, 2.75) is 38.2 Å². The van der Waals surface area contributed by atoms with Crippen LogP contribution in [-0.2, 0) is 16.0 Å². The number of Topliss-reactive ketones (excluding diaryl/α,β-unsaturated/α-hetero) is 1. The van der Waals surface area contributed by atoms with Crippen molar-refractivity contribution in [3.8, 4) is 0 Å². The molecule has 0 saturated carbocycles. The van der Waals surface area contributed by atoms with Gasteiger partial charge >= 0.3 is 0 Å². The molecule has 0 spiro atoms. The van der Waals surface area contributed by atoms with E-state index in [-0.39, 0.29) is 5.78 Å². The van der Waals surface area contributed by atoms with Gasteiger partial charge in [-0.3, -0.25) is 4.79 Å². The number of hydrogen-bond acceptors (Lipinski definition) is 3. The van der Waals surface area contributed by atoms with Gasteiger partial charge in [0.2, 0.25) is 0 Å². The average molecular weight is 224 g/mol. The standard InChI is InChI=1S/C12H16O2S/c1-12(7-3-8-14-12)11(13)6-5-10-4-2-9-15-10/h2,4,9H,3,5-8H2,1H3. The first-order valence-electron chi connectivity index (χ1n) is 5.40. The van der Waals surface area contributed by atoms with Crippen molar-refractivity contribution in [2.24, 2.45) is 0 Å². The maximum absolute atomic E-state index is 11.9. The zero-order valence-corrected chi connectivity index (χ0v) is 9.81. The number of hydrogen-bond donors (Lipinski definition) is 0. The Morgan fingerprint density at radius 2 is 2.53 bits per heavy atom. The summed E-state index contributed by atoms with van der Waals surface area (Å²) in [7, 11) is 0. The Hall–Kier alpha value is -0.670. The third-order valence-electron chi connectivity index (χ3n) is 2.99. The maximum atomic E-state index is 11.9. The predicted molar refractivity (Wildman–Crippen MR) is 61.2 cm³/mol. The van der Waals surface area contributed by atoms with Crippen molar-refractivity contribution >= 4 is 17.1 Å². The summed E-state index contributed by atoms with van der Waals surface area (Å²) in [6.45, 7) is 2.66. The molecule has 0 radical (unpaired) electrons. The van der Waals surface area contributed by atoms with E-state index in [0.29, 0.717) is 6.42 Å². The quantitative estimate of drug-likeness (QED) is 0.786. The van der Waals surface area contributed by atoms with Gasteiger partial charge in [-0.1, -0.05) is 6.07 Å². The van der Waals surface area contributed by atoms with Gasteiger partial charge in [0.25, 0.3) is 0 Å². The Balaban J connectivity index is 1.87. The third kappa shape index (κ3) is 2.47. The van der Waals surface area contributed by atoms with Crippen LogP contribution in [0.5, 0.6) is 0 Å². The molecular formula is C12H16O2S. The summed E-state index contributed by atoms with van der Waals surface area (Å²) < 4.78 is 5.53. The molecule has 2 heterocycles. The minimum absolute atomic E-state index is 0.258. The van der Waals surface area contributed by atoms with Crippen LogP contribution in [0.2, 0.25) is 0 Å². The number of thiophene rings is 1. The number of ether oxygens (including phenoxy) is 1. The van der Waals surface area contributed by atoms with Gasteiger partial charge in [0, 0.05) is 17.9 Å². The van der Waals surface area contributed by atoms with Gasteiger partial charge in [-0.25, -0.2) is 0 Å². The summed E-state index contributed by atoms with van der Waals surface area (Å²) in [4.78, 5) is 13.2. The van der Waals surface area contributed by atoms with Crippen molar-refractivity contribution in [1.29, 1.82) is 0 Å². The molecular weight excluding hydrogens is 208 g/mol. The lowest BCUT2D eigenvalue weighted by atomic mass is 9.94. The van der Waals surface area contributed by atoms with E-state index in [1.807, 2.05) is 18.4 Å². The van der Waals surface area contributed by atoms with Crippen LogP contribution in [0.4, 0.5) is 0 Å². The van der Waals surface area contributed by atoms with E-state index >= 15 is 0 Å². The summed E-state index contributed by atoms with van der Waals surface area (Å²) in [5.74, 6) is 0.258. The molecule has 1 saturated heterocycles. The van der Waals surface area contributed by atoms with Gasteiger partial charge < -0.3 is 4.74 Å². The zero-order valence-electron chi connectivity index (χ0n) is 8.99. The molecule has 3 heteroatoms. The highest BCUT2D eigenvalue weighted by atomic mass is 32.1. The fourth-order valence-electron chi connectivity index (χ4n) is 1.95. The van der Waals surface area contributed by atoms with Gasteiger partial charge in [0.05, 0.1) is 0 Å². The van der Waals surface area contributed by atoms with Crippen LogP contribution in [0, 0.1) is 0 Å². The van der Waals surface area contributed by atoms with E-state index in [0.717, 1.165) is 25.9 Å². The van der Waals surface area contributed by atoms with E-state index in [1.165, 1.54) is 4.88 Å². The second-order valence-electron chi connectivity index (χ2n) is 4.19. The Morgan fingerprint density at radius 1 is 1.67 bits per heavy atom. The SMILES string of the molecule is CC1(C(=O)CCc2cccs2)CCCO1. The van der Waals surface area contributed by atoms with Gasteiger partial charge in [0.1, 0.15) is 5.60 Å². The molecule has 0 bridgehead atoms. The van der Waals surface area contributed by atoms with Crippen LogP contribution in [0.1, 0.15) is 31.1 Å². The van der Waals surface area contributed by atoms with Crippen LogP contribution < -0.4 is 0 Å². The molecule has 0 aromatic carbocycles. The highest BCUT2D eigenvalue weighted by Gasteiger charge is 2.36. The summed E-state index contributed by atoms with van der Waals surface area (Å²) in [5, 5.41) is 2.05. The molecule has 1 fully saturated rings. The lowest BCUT2D eigenvalue weighted by molar-refractivity contribution is -0.137. The highest BCUT2D eigenvalue weighted by molar-refractivity contribution is 7.09. The predicted octanol–water partition coefficient (Wildman–Crippen LogP) is 2.82. The van der Waals surface area contributed by atoms with Crippen molar-refractivity contribution in [1.82, 2.24) is 0 Å². The highest BCUT2D eigenvalue weighted by Crippen LogP contribution is 2.27. The average Bonchev–Trinajstić information content (AvgIpc) is 2.85. The molecule has 15 heavy (non-hydrogen) atoms. The second kappa shape index (κ2) is 4.45. The van der Waals surface area contributed by atoms with Crippen molar-refractivity contribution in [3.63, 3.8) is 0 Å². The number of ketones is 1. The summed E-state index contributed by atoms with van der Waals surface area (Å²) >= 11 is 1.71. The Bertz CT molecular complexity index is 323. The number of carbonyl (C=O) groups excluding carboxylic acids is 1. The van der Waals surface area contributed by atoms with Crippen LogP contribution in [-0.4, -0.2) is 18.0 Å². The zero-order chi connectivity index (χ0) is 10.7. The maximum Gasteiger partial charge on any atom is 0.164 e. The van der Waals surface area contributed by atoms with E-state index < -0.39 is 5.60 Å². The van der Waals surface area contributed by atoms with Crippen molar-refractivity contribution < 1.29 is 9.53 Å². The van der Waals surface area contributed by atoms with Crippen LogP contribution in [0.3, 0.4) is 0 Å². The first-order chi connectivity index (χ1) is 7.21. The van der Waals surface area contributed by atoms with Gasteiger partial charge in [0.15, 0.2) is 5.78 Å². The van der Waals surface area contributed by atoms with Crippen LogP contribution in [0.15, 0.2) is 17.5 Å². The molecule has 1 unspecified atom stereocenters. The minimum atomic E-state index is -0.489. The summed E-state index contributed by atoms with van der Waals surface area (Å²) in [6, 6.07) is 4.11. The first-order valence-corrected chi connectivity index (χ1v) is 6.28. The molecule has 82 valence electrons. The second-order valence-corrected chi connectivity index (χ2v) is 5.22. The Labute approximate surface area is 94.3 Å². The molecule has 1 aliphatic rings. The third-order valence-corrected chi connectivity index (χ3v) is 3.92. The monoisotopic (exact) mass is 224 g/mol. The van der Waals surface area contributed by atoms with E-state index in [4.69, 9.17) is 4.74 Å². The molecule has 1 aromatic heterocycles. The molecule has 0 amide bonds. The smallest absolute Gasteiger partial charge is 0.164 e. The number of aryl methyl sites for hydroxylation is 1. The van der Waals surface area contributed by atoms with Crippen LogP contribution >= 0.6 is 11.3 Å². The Morgan fingerprint density at radius 3 is 3.13 bits per heavy atom. The van der Waals surface area contributed by atoms with Crippen LogP contribution in [0.25, 0.3) is 0 Å². The molecule has 0 aliphatic carbocycles. The molecule has 1 aliphatic heterocycles. The Kier molecular flexibility index (Phi) is 3.22. The van der Waals surface area contributed by atoms with Crippen molar-refractivity contribution in [3.05, 3.63) is 22.4 Å². The number of rotatable bonds is 4. The lowest BCUT2D eigenvalue weighted by Crippen LogP contribution is -2.34. The van der Waals surface area contributed by atoms with Crippen molar-refractivity contribution in [2.75, 3.05) is 6.61 Å². The summed E-state index contributed by atoms with van der Waals surface area (Å²) in [6.07, 6.45) is 3.37. The lowest BCUT2D eigenvalue weighted by Gasteiger charge is -2.20. The van der Waals surface area contributed by atoms with E-state index in [2.05, 4.69) is 6.07 Å². The van der Waals surface area contributed by atoms with Gasteiger partial charge in [-0.05, 0) is 37.6 Å². The summed E-state index contributed by atoms with van der Waals surface area (Å²) in [5.41, 5.74) is -0.489. The molecule has 0 N–H and O–H groups in total. The van der Waals surface area contributed by atoms with Gasteiger partial charge in [-0.2, -0.15) is 0 Å². The normalized spacial score (nSPS) is 25.7. The first kappa shape index (κ1) is 10.8. The molecule has 1 aromatic rings. The molecule has 2 rings (SSSR count). The fourth-order valence-corrected chi connectivity index (χ4v) is 2.66. The van der Waals surface area contributed by atoms with E-state index in [1.54, 1.807) is 11.3 Å².